The lowest BCUT2D eigenvalue weighted by molar-refractivity contribution is 0.313. The highest BCUT2D eigenvalue weighted by Crippen LogP contribution is 2.24. The number of aryl methyl sites for hydroxylation is 1. The van der Waals surface area contributed by atoms with Crippen molar-refractivity contribution in [1.82, 2.24) is 19.6 Å². The molecule has 4 rings (SSSR count). The fraction of sp³-hybridized carbons (Fsp3) is 0.304. The Kier molecular flexibility index (Phi) is 6.77. The van der Waals surface area contributed by atoms with E-state index < -0.39 is 10.0 Å². The van der Waals surface area contributed by atoms with Crippen LogP contribution in [0.15, 0.2) is 59.6 Å². The number of aromatic nitrogens is 2. The minimum atomic E-state index is -3.53. The fourth-order valence-corrected chi connectivity index (χ4v) is 4.35. The number of nitrogens with zero attached hydrogens (tertiary/aromatic N) is 4. The van der Waals surface area contributed by atoms with Crippen molar-refractivity contribution in [3.8, 4) is 0 Å². The molecule has 0 radical (unpaired) electrons. The van der Waals surface area contributed by atoms with E-state index in [0.29, 0.717) is 17.5 Å². The quantitative estimate of drug-likeness (QED) is 0.488. The summed E-state index contributed by atoms with van der Waals surface area (Å²) in [5.41, 5.74) is 3.56. The third-order valence-corrected chi connectivity index (χ3v) is 7.05. The number of hydrogen-bond acceptors (Lipinski definition) is 8. The lowest BCUT2D eigenvalue weighted by Crippen LogP contribution is -2.44. The molecule has 1 fully saturated rings. The lowest BCUT2D eigenvalue weighted by Gasteiger charge is -2.34. The Hall–Kier alpha value is -3.21. The molecule has 10 heteroatoms. The zero-order valence-corrected chi connectivity index (χ0v) is 19.9. The maximum absolute atomic E-state index is 12.1. The molecule has 1 saturated heterocycles. The minimum Gasteiger partial charge on any atom is -0.369 e. The highest BCUT2D eigenvalue weighted by Gasteiger charge is 2.15. The molecule has 9 nitrogen and oxygen atoms in total. The molecule has 0 spiro atoms. The maximum Gasteiger partial charge on any atom is 0.240 e. The van der Waals surface area contributed by atoms with Gasteiger partial charge in [-0.3, -0.25) is 0 Å². The van der Waals surface area contributed by atoms with E-state index in [9.17, 15) is 8.42 Å². The smallest absolute Gasteiger partial charge is 0.240 e. The first-order valence-electron chi connectivity index (χ1n) is 10.8. The van der Waals surface area contributed by atoms with Crippen LogP contribution in [0.2, 0.25) is 0 Å². The molecule has 1 aliphatic rings. The summed E-state index contributed by atoms with van der Waals surface area (Å²) in [6.45, 7) is 6.07. The summed E-state index contributed by atoms with van der Waals surface area (Å²) in [6, 6.07) is 14.8. The van der Waals surface area contributed by atoms with Crippen LogP contribution in [0.3, 0.4) is 0 Å². The van der Waals surface area contributed by atoms with Gasteiger partial charge in [0.25, 0.3) is 0 Å². The molecule has 0 aliphatic carbocycles. The number of benzene rings is 2. The Morgan fingerprint density at radius 3 is 2.36 bits per heavy atom. The van der Waals surface area contributed by atoms with E-state index in [1.54, 1.807) is 30.5 Å². The molecular weight excluding hydrogens is 438 g/mol. The van der Waals surface area contributed by atoms with Gasteiger partial charge < -0.3 is 20.4 Å². The molecule has 2 aromatic carbocycles. The monoisotopic (exact) mass is 467 g/mol. The number of hydrogen-bond donors (Lipinski definition) is 3. The number of piperazine rings is 1. The van der Waals surface area contributed by atoms with Crippen molar-refractivity contribution in [3.63, 3.8) is 0 Å². The van der Waals surface area contributed by atoms with Gasteiger partial charge in [0, 0.05) is 55.0 Å². The van der Waals surface area contributed by atoms with Gasteiger partial charge in [-0.2, -0.15) is 4.98 Å². The van der Waals surface area contributed by atoms with Crippen LogP contribution in [0.4, 0.5) is 28.8 Å². The van der Waals surface area contributed by atoms with Crippen LogP contribution in [0.25, 0.3) is 0 Å². The first-order chi connectivity index (χ1) is 15.8. The molecule has 1 aliphatic heterocycles. The lowest BCUT2D eigenvalue weighted by atomic mass is 10.2. The Labute approximate surface area is 194 Å². The predicted molar refractivity (Wildman–Crippen MR) is 132 cm³/mol. The third-order valence-electron chi connectivity index (χ3n) is 5.64. The van der Waals surface area contributed by atoms with Crippen LogP contribution in [0, 0.1) is 6.92 Å². The Morgan fingerprint density at radius 1 is 0.939 bits per heavy atom. The summed E-state index contributed by atoms with van der Waals surface area (Å²) in [5, 5.41) is 6.44. The summed E-state index contributed by atoms with van der Waals surface area (Å²) >= 11 is 0. The molecule has 0 atom stereocenters. The summed E-state index contributed by atoms with van der Waals surface area (Å²) in [5.74, 6) is 1.05. The van der Waals surface area contributed by atoms with Crippen molar-refractivity contribution in [3.05, 3.63) is 60.3 Å². The molecule has 3 N–H and O–H groups in total. The molecule has 3 aromatic rings. The summed E-state index contributed by atoms with van der Waals surface area (Å²) in [7, 11) is 0.00994. The first-order valence-corrected chi connectivity index (χ1v) is 12.3. The van der Waals surface area contributed by atoms with Crippen LogP contribution in [0.5, 0.6) is 0 Å². The number of rotatable bonds is 7. The van der Waals surface area contributed by atoms with Gasteiger partial charge in [0.05, 0.1) is 4.90 Å². The van der Waals surface area contributed by atoms with Crippen LogP contribution in [-0.4, -0.2) is 63.6 Å². The van der Waals surface area contributed by atoms with Crippen LogP contribution >= 0.6 is 0 Å². The van der Waals surface area contributed by atoms with Crippen molar-refractivity contribution >= 4 is 38.9 Å². The van der Waals surface area contributed by atoms with Crippen molar-refractivity contribution in [2.45, 2.75) is 11.8 Å². The molecule has 2 heterocycles. The molecule has 33 heavy (non-hydrogen) atoms. The van der Waals surface area contributed by atoms with Crippen molar-refractivity contribution in [2.24, 2.45) is 0 Å². The maximum atomic E-state index is 12.1. The molecule has 174 valence electrons. The Bertz CT molecular complexity index is 1210. The van der Waals surface area contributed by atoms with E-state index in [-0.39, 0.29) is 4.90 Å². The van der Waals surface area contributed by atoms with Crippen molar-refractivity contribution < 1.29 is 8.42 Å². The number of likely N-dealkylation sites (N-methyl/N-ethyl adjacent to an activating group) is 1. The normalized spacial score (nSPS) is 14.8. The average Bonchev–Trinajstić information content (AvgIpc) is 2.82. The van der Waals surface area contributed by atoms with Gasteiger partial charge in [-0.15, -0.1) is 0 Å². The largest absolute Gasteiger partial charge is 0.369 e. The Balaban J connectivity index is 1.47. The highest BCUT2D eigenvalue weighted by atomic mass is 32.2. The highest BCUT2D eigenvalue weighted by molar-refractivity contribution is 7.89. The van der Waals surface area contributed by atoms with Gasteiger partial charge in [-0.25, -0.2) is 18.1 Å². The second-order valence-electron chi connectivity index (χ2n) is 8.05. The Morgan fingerprint density at radius 2 is 1.67 bits per heavy atom. The standard InChI is InChI=1S/C23H29N7O2S/c1-17-16-25-23(27-18-7-9-20(10-8-18)30-13-11-29(3)12-14-30)28-22(17)26-19-5-4-6-21(15-19)33(31,32)24-2/h4-10,15-16,24H,11-14H2,1-3H3,(H2,25,26,27,28). The van der Waals surface area contributed by atoms with E-state index in [1.165, 1.54) is 12.7 Å². The average molecular weight is 468 g/mol. The predicted octanol–water partition coefficient (Wildman–Crippen LogP) is 2.93. The topological polar surface area (TPSA) is 102 Å². The van der Waals surface area contributed by atoms with Crippen LogP contribution < -0.4 is 20.3 Å². The first kappa shape index (κ1) is 23.0. The molecule has 0 saturated carbocycles. The third kappa shape index (κ3) is 5.59. The van der Waals surface area contributed by atoms with E-state index in [4.69, 9.17) is 0 Å². The SMILES string of the molecule is CNS(=O)(=O)c1cccc(Nc2nc(Nc3ccc(N4CCN(C)CC4)cc3)ncc2C)c1. The van der Waals surface area contributed by atoms with Crippen molar-refractivity contribution in [2.75, 3.05) is 55.8 Å². The van der Waals surface area contributed by atoms with E-state index in [0.717, 1.165) is 37.4 Å². The van der Waals surface area contributed by atoms with Gasteiger partial charge in [0.15, 0.2) is 0 Å². The summed E-state index contributed by atoms with van der Waals surface area (Å²) in [4.78, 5) is 13.9. The van der Waals surface area contributed by atoms with Gasteiger partial charge in [-0.1, -0.05) is 6.07 Å². The number of anilines is 5. The summed E-state index contributed by atoms with van der Waals surface area (Å²) in [6.07, 6.45) is 1.73. The minimum absolute atomic E-state index is 0.181. The van der Waals surface area contributed by atoms with Gasteiger partial charge in [0.1, 0.15) is 5.82 Å². The number of nitrogens with one attached hydrogen (secondary N) is 3. The second-order valence-corrected chi connectivity index (χ2v) is 9.93. The molecule has 1 aromatic heterocycles. The summed E-state index contributed by atoms with van der Waals surface area (Å²) < 4.78 is 26.5. The fourth-order valence-electron chi connectivity index (χ4n) is 3.57. The van der Waals surface area contributed by atoms with Gasteiger partial charge in [0.2, 0.25) is 16.0 Å². The molecular formula is C23H29N7O2S. The zero-order valence-electron chi connectivity index (χ0n) is 19.0. The van der Waals surface area contributed by atoms with Crippen LogP contribution in [-0.2, 0) is 10.0 Å². The zero-order chi connectivity index (χ0) is 23.4. The van der Waals surface area contributed by atoms with Gasteiger partial charge >= 0.3 is 0 Å². The van der Waals surface area contributed by atoms with E-state index in [2.05, 4.69) is 54.3 Å². The van der Waals surface area contributed by atoms with Gasteiger partial charge in [-0.05, 0) is 63.5 Å². The molecule has 0 bridgehead atoms. The number of sulfonamides is 1. The molecule has 0 unspecified atom stereocenters. The van der Waals surface area contributed by atoms with Crippen molar-refractivity contribution in [1.29, 1.82) is 0 Å². The van der Waals surface area contributed by atoms with E-state index >= 15 is 0 Å². The second kappa shape index (κ2) is 9.74. The van der Waals surface area contributed by atoms with E-state index in [1.807, 2.05) is 19.1 Å². The van der Waals surface area contributed by atoms with Crippen LogP contribution in [0.1, 0.15) is 5.56 Å². The molecule has 0 amide bonds.